The van der Waals surface area contributed by atoms with E-state index in [-0.39, 0.29) is 17.9 Å². The maximum absolute atomic E-state index is 12.4. The van der Waals surface area contributed by atoms with Crippen molar-refractivity contribution >= 4 is 5.95 Å². The van der Waals surface area contributed by atoms with Gasteiger partial charge in [-0.25, -0.2) is 9.97 Å². The van der Waals surface area contributed by atoms with E-state index >= 15 is 0 Å². The molecule has 1 saturated heterocycles. The third-order valence-electron chi connectivity index (χ3n) is 3.28. The molecule has 1 fully saturated rings. The highest BCUT2D eigenvalue weighted by molar-refractivity contribution is 5.33. The lowest BCUT2D eigenvalue weighted by Gasteiger charge is -2.35. The quantitative estimate of drug-likeness (QED) is 0.787. The monoisotopic (exact) mass is 270 g/mol. The molecule has 0 amide bonds. The Balaban J connectivity index is 2.13. The fraction of sp³-hybridized carbons (Fsp3) is 0.583. The number of hydrogen-bond donors (Lipinski definition) is 0. The molecule has 0 bridgehead atoms. The molecular formula is C12H13F3N4. The fourth-order valence-corrected chi connectivity index (χ4v) is 2.20. The Bertz CT molecular complexity index is 477. The van der Waals surface area contributed by atoms with Crippen molar-refractivity contribution in [3.8, 4) is 6.07 Å². The highest BCUT2D eigenvalue weighted by Crippen LogP contribution is 2.30. The largest absolute Gasteiger partial charge is 0.419 e. The molecule has 2 rings (SSSR count). The molecule has 0 radical (unpaired) electrons. The molecule has 1 aromatic heterocycles. The summed E-state index contributed by atoms with van der Waals surface area (Å²) in [5.41, 5.74) is -0.851. The van der Waals surface area contributed by atoms with Crippen LogP contribution in [-0.4, -0.2) is 22.6 Å². The molecule has 1 aliphatic rings. The van der Waals surface area contributed by atoms with Gasteiger partial charge in [-0.3, -0.25) is 0 Å². The maximum Gasteiger partial charge on any atom is 0.419 e. The molecule has 102 valence electrons. The van der Waals surface area contributed by atoms with Crippen LogP contribution in [0.3, 0.4) is 0 Å². The van der Waals surface area contributed by atoms with E-state index in [1.165, 1.54) is 0 Å². The van der Waals surface area contributed by atoms with Crippen LogP contribution in [0.4, 0.5) is 19.1 Å². The first-order valence-electron chi connectivity index (χ1n) is 5.97. The van der Waals surface area contributed by atoms with E-state index in [1.54, 1.807) is 0 Å². The van der Waals surface area contributed by atoms with Gasteiger partial charge in [-0.2, -0.15) is 18.4 Å². The van der Waals surface area contributed by atoms with Crippen molar-refractivity contribution in [1.82, 2.24) is 9.97 Å². The van der Waals surface area contributed by atoms with Gasteiger partial charge in [0.15, 0.2) is 0 Å². The number of alkyl halides is 3. The van der Waals surface area contributed by atoms with E-state index in [0.29, 0.717) is 19.4 Å². The summed E-state index contributed by atoms with van der Waals surface area (Å²) in [5.74, 6) is 0.289. The van der Waals surface area contributed by atoms with Gasteiger partial charge in [-0.05, 0) is 19.8 Å². The van der Waals surface area contributed by atoms with Gasteiger partial charge in [0.1, 0.15) is 0 Å². The van der Waals surface area contributed by atoms with Gasteiger partial charge in [-0.15, -0.1) is 0 Å². The van der Waals surface area contributed by atoms with E-state index < -0.39 is 11.7 Å². The third-order valence-corrected chi connectivity index (χ3v) is 3.28. The summed E-state index contributed by atoms with van der Waals surface area (Å²) < 4.78 is 37.2. The van der Waals surface area contributed by atoms with Gasteiger partial charge in [-0.1, -0.05) is 0 Å². The molecule has 2 heterocycles. The van der Waals surface area contributed by atoms with Crippen LogP contribution in [0.15, 0.2) is 12.4 Å². The number of aromatic nitrogens is 2. The zero-order valence-electron chi connectivity index (χ0n) is 10.4. The molecule has 1 aromatic rings. The van der Waals surface area contributed by atoms with E-state index in [0.717, 1.165) is 12.4 Å². The summed E-state index contributed by atoms with van der Waals surface area (Å²) in [6.07, 6.45) is -1.46. The number of hydrogen-bond acceptors (Lipinski definition) is 4. The number of nitrogens with zero attached hydrogens (tertiary/aromatic N) is 4. The molecule has 0 spiro atoms. The van der Waals surface area contributed by atoms with Crippen LogP contribution in [0.2, 0.25) is 0 Å². The molecule has 0 aromatic carbocycles. The maximum atomic E-state index is 12.4. The van der Waals surface area contributed by atoms with Gasteiger partial charge in [0, 0.05) is 30.9 Å². The van der Waals surface area contributed by atoms with Crippen LogP contribution in [0, 0.1) is 17.2 Å². The van der Waals surface area contributed by atoms with Gasteiger partial charge >= 0.3 is 6.18 Å². The average Bonchev–Trinajstić information content (AvgIpc) is 2.37. The van der Waals surface area contributed by atoms with Gasteiger partial charge < -0.3 is 4.90 Å². The van der Waals surface area contributed by atoms with Crippen LogP contribution < -0.4 is 4.90 Å². The minimum absolute atomic E-state index is 0.000647. The predicted molar refractivity (Wildman–Crippen MR) is 62.2 cm³/mol. The second-order valence-corrected chi connectivity index (χ2v) is 4.66. The highest BCUT2D eigenvalue weighted by Gasteiger charge is 2.32. The van der Waals surface area contributed by atoms with E-state index in [1.807, 2.05) is 11.8 Å². The topological polar surface area (TPSA) is 52.8 Å². The number of halogens is 3. The summed E-state index contributed by atoms with van der Waals surface area (Å²) in [6, 6.07) is 2.27. The second kappa shape index (κ2) is 5.03. The zero-order chi connectivity index (χ0) is 14.0. The molecule has 2 atom stereocenters. The van der Waals surface area contributed by atoms with Crippen molar-refractivity contribution in [2.45, 2.75) is 32.0 Å². The lowest BCUT2D eigenvalue weighted by molar-refractivity contribution is -0.138. The smallest absolute Gasteiger partial charge is 0.338 e. The average molecular weight is 270 g/mol. The number of nitriles is 1. The SMILES string of the molecule is CC1CC(C#N)CCN1c1ncc(C(F)(F)F)cn1. The normalized spacial score (nSPS) is 24.1. The van der Waals surface area contributed by atoms with Gasteiger partial charge in [0.2, 0.25) is 5.95 Å². The molecule has 19 heavy (non-hydrogen) atoms. The highest BCUT2D eigenvalue weighted by atomic mass is 19.4. The first kappa shape index (κ1) is 13.6. The Kier molecular flexibility index (Phi) is 3.60. The van der Waals surface area contributed by atoms with Crippen LogP contribution in [-0.2, 0) is 6.18 Å². The van der Waals surface area contributed by atoms with Crippen molar-refractivity contribution in [3.05, 3.63) is 18.0 Å². The second-order valence-electron chi connectivity index (χ2n) is 4.66. The Labute approximate surface area is 108 Å². The minimum atomic E-state index is -4.42. The molecule has 2 unspecified atom stereocenters. The standard InChI is InChI=1S/C12H13F3N4/c1-8-4-9(5-16)2-3-19(8)11-17-6-10(7-18-11)12(13,14)15/h6-9H,2-4H2,1H3. The van der Waals surface area contributed by atoms with Crippen molar-refractivity contribution < 1.29 is 13.2 Å². The van der Waals surface area contributed by atoms with Crippen molar-refractivity contribution in [2.75, 3.05) is 11.4 Å². The lowest BCUT2D eigenvalue weighted by Crippen LogP contribution is -2.41. The van der Waals surface area contributed by atoms with Crippen LogP contribution >= 0.6 is 0 Å². The number of anilines is 1. The van der Waals surface area contributed by atoms with Crippen LogP contribution in [0.25, 0.3) is 0 Å². The van der Waals surface area contributed by atoms with Crippen LogP contribution in [0.5, 0.6) is 0 Å². The molecule has 0 aliphatic carbocycles. The van der Waals surface area contributed by atoms with Crippen molar-refractivity contribution in [3.63, 3.8) is 0 Å². The van der Waals surface area contributed by atoms with E-state index in [9.17, 15) is 13.2 Å². The Morgan fingerprint density at radius 1 is 1.37 bits per heavy atom. The summed E-state index contributed by atoms with van der Waals surface area (Å²) in [4.78, 5) is 9.41. The molecule has 1 aliphatic heterocycles. The lowest BCUT2D eigenvalue weighted by atomic mass is 9.93. The summed E-state index contributed by atoms with van der Waals surface area (Å²) >= 11 is 0. The third kappa shape index (κ3) is 2.95. The fourth-order valence-electron chi connectivity index (χ4n) is 2.20. The van der Waals surface area contributed by atoms with Gasteiger partial charge in [0.05, 0.1) is 11.6 Å². The first-order valence-corrected chi connectivity index (χ1v) is 5.97. The zero-order valence-corrected chi connectivity index (χ0v) is 10.4. The van der Waals surface area contributed by atoms with Crippen LogP contribution in [0.1, 0.15) is 25.3 Å². The Hall–Kier alpha value is -1.84. The minimum Gasteiger partial charge on any atom is -0.338 e. The predicted octanol–water partition coefficient (Wildman–Crippen LogP) is 2.62. The molecular weight excluding hydrogens is 257 g/mol. The van der Waals surface area contributed by atoms with Crippen molar-refractivity contribution in [1.29, 1.82) is 5.26 Å². The molecule has 0 saturated carbocycles. The van der Waals surface area contributed by atoms with Gasteiger partial charge in [0.25, 0.3) is 0 Å². The molecule has 7 heteroatoms. The Morgan fingerprint density at radius 3 is 2.47 bits per heavy atom. The molecule has 0 N–H and O–H groups in total. The van der Waals surface area contributed by atoms with E-state index in [2.05, 4.69) is 16.0 Å². The first-order chi connectivity index (χ1) is 8.91. The number of piperidine rings is 1. The summed E-state index contributed by atoms with van der Waals surface area (Å²) in [7, 11) is 0. The summed E-state index contributed by atoms with van der Waals surface area (Å²) in [5, 5.41) is 8.87. The number of rotatable bonds is 1. The molecule has 4 nitrogen and oxygen atoms in total. The summed E-state index contributed by atoms with van der Waals surface area (Å²) in [6.45, 7) is 2.51. The van der Waals surface area contributed by atoms with E-state index in [4.69, 9.17) is 5.26 Å². The van der Waals surface area contributed by atoms with Crippen molar-refractivity contribution in [2.24, 2.45) is 5.92 Å². The Morgan fingerprint density at radius 2 is 2.00 bits per heavy atom.